The number of fused-ring (bicyclic) bond motifs is 3. The van der Waals surface area contributed by atoms with Crippen molar-refractivity contribution in [3.63, 3.8) is 0 Å². The van der Waals surface area contributed by atoms with E-state index >= 15 is 0 Å². The molecule has 5 aromatic rings. The average molecular weight is 351 g/mol. The van der Waals surface area contributed by atoms with Crippen LogP contribution in [0.5, 0.6) is 0 Å². The first kappa shape index (κ1) is 15.6. The molecule has 0 radical (unpaired) electrons. The van der Waals surface area contributed by atoms with Gasteiger partial charge in [-0.05, 0) is 17.2 Å². The summed E-state index contributed by atoms with van der Waals surface area (Å²) in [6.45, 7) is 0. The molecule has 0 saturated heterocycles. The Hall–Kier alpha value is -3.59. The average Bonchev–Trinajstić information content (AvgIpc) is 3.03. The molecule has 0 bridgehead atoms. The molecular formula is C24H17NO2. The van der Waals surface area contributed by atoms with E-state index in [1.54, 1.807) is 0 Å². The maximum absolute atomic E-state index is 13.0. The summed E-state index contributed by atoms with van der Waals surface area (Å²) in [4.78, 5) is 13.0. The molecule has 0 atom stereocenters. The van der Waals surface area contributed by atoms with E-state index in [9.17, 15) is 4.79 Å². The molecule has 0 fully saturated rings. The highest BCUT2D eigenvalue weighted by Gasteiger charge is 2.23. The zero-order valence-electron chi connectivity index (χ0n) is 14.8. The molecule has 0 spiro atoms. The zero-order chi connectivity index (χ0) is 18.4. The minimum atomic E-state index is -0.305. The molecule has 3 heteroatoms. The zero-order valence-corrected chi connectivity index (χ0v) is 14.8. The normalized spacial score (nSPS) is 11.3. The lowest BCUT2D eigenvalue weighted by molar-refractivity contribution is 0.570. The fourth-order valence-corrected chi connectivity index (χ4v) is 3.93. The smallest absolute Gasteiger partial charge is 0.346 e. The lowest BCUT2D eigenvalue weighted by atomic mass is 10.0. The minimum Gasteiger partial charge on any atom is -0.422 e. The highest BCUT2D eigenvalue weighted by atomic mass is 16.4. The molecule has 0 amide bonds. The lowest BCUT2D eigenvalue weighted by Crippen LogP contribution is -2.00. The van der Waals surface area contributed by atoms with Crippen LogP contribution in [-0.4, -0.2) is 4.57 Å². The van der Waals surface area contributed by atoms with Crippen molar-refractivity contribution in [2.24, 2.45) is 7.05 Å². The second-order valence-corrected chi connectivity index (χ2v) is 6.62. The van der Waals surface area contributed by atoms with Crippen LogP contribution in [0.25, 0.3) is 44.3 Å². The Balaban J connectivity index is 2.06. The van der Waals surface area contributed by atoms with Gasteiger partial charge in [0.2, 0.25) is 0 Å². The predicted octanol–water partition coefficient (Wildman–Crippen LogP) is 5.62. The van der Waals surface area contributed by atoms with E-state index in [0.29, 0.717) is 11.0 Å². The van der Waals surface area contributed by atoms with Crippen LogP contribution in [0.1, 0.15) is 0 Å². The molecule has 27 heavy (non-hydrogen) atoms. The largest absolute Gasteiger partial charge is 0.422 e. The van der Waals surface area contributed by atoms with Gasteiger partial charge in [-0.15, -0.1) is 0 Å². The molecule has 2 aromatic heterocycles. The molecule has 3 aromatic carbocycles. The number of rotatable bonds is 2. The van der Waals surface area contributed by atoms with E-state index in [2.05, 4.69) is 16.7 Å². The Morgan fingerprint density at radius 1 is 0.667 bits per heavy atom. The molecule has 0 aliphatic carbocycles. The standard InChI is InChI=1S/C24H17NO2/c1-25-22(16-10-4-2-5-11-16)20-18-14-8-9-15-19(18)27-24(26)21(20)23(25)17-12-6-3-7-13-17/h2-15H,1H3. The molecule has 5 rings (SSSR count). The third-order valence-corrected chi connectivity index (χ3v) is 5.05. The Kier molecular flexibility index (Phi) is 3.47. The van der Waals surface area contributed by atoms with E-state index in [1.807, 2.05) is 79.8 Å². The molecular weight excluding hydrogens is 334 g/mol. The SMILES string of the molecule is Cn1c(-c2ccccc2)c2c(=O)oc3ccccc3c2c1-c1ccccc1. The van der Waals surface area contributed by atoms with Gasteiger partial charge in [0.25, 0.3) is 0 Å². The number of benzene rings is 3. The van der Waals surface area contributed by atoms with Crippen LogP contribution in [-0.2, 0) is 7.05 Å². The van der Waals surface area contributed by atoms with Crippen molar-refractivity contribution in [3.8, 4) is 22.5 Å². The van der Waals surface area contributed by atoms with E-state index in [0.717, 1.165) is 33.3 Å². The van der Waals surface area contributed by atoms with Gasteiger partial charge in [-0.2, -0.15) is 0 Å². The predicted molar refractivity (Wildman–Crippen MR) is 110 cm³/mol. The van der Waals surface area contributed by atoms with Crippen molar-refractivity contribution < 1.29 is 4.42 Å². The van der Waals surface area contributed by atoms with Crippen LogP contribution in [0.2, 0.25) is 0 Å². The number of hydrogen-bond donors (Lipinski definition) is 0. The highest BCUT2D eigenvalue weighted by Crippen LogP contribution is 2.40. The topological polar surface area (TPSA) is 35.1 Å². The summed E-state index contributed by atoms with van der Waals surface area (Å²) in [5.41, 5.74) is 4.27. The van der Waals surface area contributed by atoms with Gasteiger partial charge < -0.3 is 8.98 Å². The first-order valence-electron chi connectivity index (χ1n) is 8.91. The van der Waals surface area contributed by atoms with Crippen molar-refractivity contribution in [1.82, 2.24) is 4.57 Å². The van der Waals surface area contributed by atoms with Crippen LogP contribution >= 0.6 is 0 Å². The van der Waals surface area contributed by atoms with Crippen molar-refractivity contribution in [2.45, 2.75) is 0 Å². The summed E-state index contributed by atoms with van der Waals surface area (Å²) in [6.07, 6.45) is 0. The van der Waals surface area contributed by atoms with Crippen molar-refractivity contribution >= 4 is 21.7 Å². The summed E-state index contributed by atoms with van der Waals surface area (Å²) in [5.74, 6) is 0. The van der Waals surface area contributed by atoms with E-state index in [4.69, 9.17) is 4.42 Å². The van der Waals surface area contributed by atoms with Crippen LogP contribution in [0.15, 0.2) is 94.1 Å². The molecule has 130 valence electrons. The molecule has 0 unspecified atom stereocenters. The highest BCUT2D eigenvalue weighted by molar-refractivity contribution is 6.16. The molecule has 2 heterocycles. The number of para-hydroxylation sites is 1. The van der Waals surface area contributed by atoms with Crippen molar-refractivity contribution in [2.75, 3.05) is 0 Å². The maximum atomic E-state index is 13.0. The first-order chi connectivity index (χ1) is 13.3. The lowest BCUT2D eigenvalue weighted by Gasteiger charge is -2.08. The maximum Gasteiger partial charge on any atom is 0.346 e. The summed E-state index contributed by atoms with van der Waals surface area (Å²) in [6, 6.07) is 27.9. The van der Waals surface area contributed by atoms with Crippen LogP contribution in [0.3, 0.4) is 0 Å². The van der Waals surface area contributed by atoms with E-state index < -0.39 is 0 Å². The van der Waals surface area contributed by atoms with Gasteiger partial charge in [0.05, 0.1) is 16.8 Å². The second kappa shape index (κ2) is 5.99. The molecule has 0 N–H and O–H groups in total. The van der Waals surface area contributed by atoms with Crippen LogP contribution in [0.4, 0.5) is 0 Å². The van der Waals surface area contributed by atoms with Gasteiger partial charge in [0.1, 0.15) is 5.58 Å². The summed E-state index contributed by atoms with van der Waals surface area (Å²) in [5, 5.41) is 2.51. The number of nitrogens with zero attached hydrogens (tertiary/aromatic N) is 1. The fraction of sp³-hybridized carbons (Fsp3) is 0.0417. The molecule has 3 nitrogen and oxygen atoms in total. The van der Waals surface area contributed by atoms with E-state index in [1.165, 1.54) is 0 Å². The summed E-state index contributed by atoms with van der Waals surface area (Å²) in [7, 11) is 2.01. The molecule has 0 aliphatic rings. The Morgan fingerprint density at radius 3 is 1.81 bits per heavy atom. The third-order valence-electron chi connectivity index (χ3n) is 5.05. The second-order valence-electron chi connectivity index (χ2n) is 6.62. The van der Waals surface area contributed by atoms with Crippen molar-refractivity contribution in [1.29, 1.82) is 0 Å². The fourth-order valence-electron chi connectivity index (χ4n) is 3.93. The Labute approximate surface area is 156 Å². The molecule has 0 saturated carbocycles. The Bertz CT molecular complexity index is 1330. The summed E-state index contributed by atoms with van der Waals surface area (Å²) < 4.78 is 7.78. The first-order valence-corrected chi connectivity index (χ1v) is 8.91. The van der Waals surface area contributed by atoms with Crippen LogP contribution in [0, 0.1) is 0 Å². The molecule has 0 aliphatic heterocycles. The minimum absolute atomic E-state index is 0.305. The van der Waals surface area contributed by atoms with Gasteiger partial charge in [-0.3, -0.25) is 0 Å². The van der Waals surface area contributed by atoms with Gasteiger partial charge in [-0.1, -0.05) is 78.9 Å². The van der Waals surface area contributed by atoms with Crippen molar-refractivity contribution in [3.05, 3.63) is 95.3 Å². The van der Waals surface area contributed by atoms with Gasteiger partial charge in [0, 0.05) is 17.8 Å². The van der Waals surface area contributed by atoms with Crippen LogP contribution < -0.4 is 5.63 Å². The monoisotopic (exact) mass is 351 g/mol. The number of hydrogen-bond acceptors (Lipinski definition) is 2. The summed E-state index contributed by atoms with van der Waals surface area (Å²) >= 11 is 0. The number of aromatic nitrogens is 1. The van der Waals surface area contributed by atoms with Gasteiger partial charge in [-0.25, -0.2) is 4.79 Å². The van der Waals surface area contributed by atoms with Gasteiger partial charge >= 0.3 is 5.63 Å². The van der Waals surface area contributed by atoms with E-state index in [-0.39, 0.29) is 5.63 Å². The third kappa shape index (κ3) is 2.32. The Morgan fingerprint density at radius 2 is 1.19 bits per heavy atom. The quantitative estimate of drug-likeness (QED) is 0.387. The van der Waals surface area contributed by atoms with Gasteiger partial charge in [0.15, 0.2) is 0 Å².